The van der Waals surface area contributed by atoms with Gasteiger partial charge in [0, 0.05) is 13.6 Å². The van der Waals surface area contributed by atoms with E-state index >= 15 is 0 Å². The van der Waals surface area contributed by atoms with E-state index in [0.29, 0.717) is 6.61 Å². The number of halogens is 4. The normalized spacial score (nSPS) is 10.4. The lowest BCUT2D eigenvalue weighted by Gasteiger charge is -2.12. The highest BCUT2D eigenvalue weighted by molar-refractivity contribution is 14.1. The fraction of sp³-hybridized carbons (Fsp3) is 0.0769. The molecule has 0 aromatic heterocycles. The Balaban J connectivity index is 2.19. The van der Waals surface area contributed by atoms with Gasteiger partial charge < -0.3 is 4.74 Å². The van der Waals surface area contributed by atoms with Gasteiger partial charge in [-0.15, -0.1) is 0 Å². The fourth-order valence-corrected chi connectivity index (χ4v) is 5.73. The maximum Gasteiger partial charge on any atom is 0.146 e. The summed E-state index contributed by atoms with van der Waals surface area (Å²) in [6.45, 7) is 0.577. The van der Waals surface area contributed by atoms with Crippen molar-refractivity contribution in [2.45, 2.75) is 6.61 Å². The van der Waals surface area contributed by atoms with Crippen molar-refractivity contribution in [3.8, 4) is 5.75 Å². The maximum absolute atomic E-state index is 5.94. The summed E-state index contributed by atoms with van der Waals surface area (Å²) >= 11 is 10.5. The summed E-state index contributed by atoms with van der Waals surface area (Å²) in [6.07, 6.45) is 0. The Labute approximate surface area is 156 Å². The summed E-state index contributed by atoms with van der Waals surface area (Å²) in [5.41, 5.74) is 1.16. The first kappa shape index (κ1) is 15.3. The molecule has 0 aliphatic carbocycles. The van der Waals surface area contributed by atoms with Crippen molar-refractivity contribution in [2.75, 3.05) is 0 Å². The Morgan fingerprint density at radius 3 is 2.22 bits per heavy atom. The van der Waals surface area contributed by atoms with Crippen LogP contribution in [-0.4, -0.2) is 0 Å². The van der Waals surface area contributed by atoms with E-state index in [0.717, 1.165) is 22.9 Å². The molecule has 0 amide bonds. The minimum Gasteiger partial charge on any atom is -0.487 e. The summed E-state index contributed by atoms with van der Waals surface area (Å²) < 4.78 is 10.6. The van der Waals surface area contributed by atoms with E-state index in [1.54, 1.807) is 0 Å². The second-order valence-electron chi connectivity index (χ2n) is 3.58. The van der Waals surface area contributed by atoms with Crippen LogP contribution in [0.1, 0.15) is 5.56 Å². The third-order valence-corrected chi connectivity index (χ3v) is 5.29. The van der Waals surface area contributed by atoms with Crippen LogP contribution >= 0.6 is 83.7 Å². The van der Waals surface area contributed by atoms with Crippen molar-refractivity contribution in [1.82, 2.24) is 0 Å². The quantitative estimate of drug-likeness (QED) is 0.383. The molecule has 0 bridgehead atoms. The Morgan fingerprint density at radius 1 is 1.00 bits per heavy atom. The van der Waals surface area contributed by atoms with Crippen LogP contribution in [0.2, 0.25) is 0 Å². The summed E-state index contributed by atoms with van der Waals surface area (Å²) in [6, 6.07) is 12.4. The highest BCUT2D eigenvalue weighted by Crippen LogP contribution is 2.30. The molecule has 0 aliphatic rings. The van der Waals surface area contributed by atoms with Crippen LogP contribution in [0.3, 0.4) is 0 Å². The van der Waals surface area contributed by atoms with Crippen molar-refractivity contribution in [3.05, 3.63) is 57.1 Å². The molecule has 5 heteroatoms. The molecular weight excluding hydrogens is 633 g/mol. The topological polar surface area (TPSA) is 9.23 Å². The van der Waals surface area contributed by atoms with E-state index in [4.69, 9.17) is 4.74 Å². The molecule has 0 N–H and O–H groups in total. The largest absolute Gasteiger partial charge is 0.487 e. The van der Waals surface area contributed by atoms with Crippen LogP contribution < -0.4 is 4.74 Å². The fourth-order valence-electron chi connectivity index (χ4n) is 1.43. The Bertz CT molecular complexity index is 549. The lowest BCUT2D eigenvalue weighted by atomic mass is 10.2. The van der Waals surface area contributed by atoms with Gasteiger partial charge in [0.25, 0.3) is 0 Å². The van der Waals surface area contributed by atoms with Crippen LogP contribution in [-0.2, 0) is 6.61 Å². The molecule has 0 heterocycles. The predicted octanol–water partition coefficient (Wildman–Crippen LogP) is 5.84. The molecule has 0 fully saturated rings. The molecule has 0 saturated heterocycles. The highest BCUT2D eigenvalue weighted by Gasteiger charge is 2.09. The van der Waals surface area contributed by atoms with Gasteiger partial charge in [0.1, 0.15) is 12.4 Å². The molecule has 94 valence electrons. The van der Waals surface area contributed by atoms with Gasteiger partial charge in [0.15, 0.2) is 0 Å². The Morgan fingerprint density at radius 2 is 1.61 bits per heavy atom. The second-order valence-corrected chi connectivity index (χ2v) is 8.00. The average molecular weight is 641 g/mol. The van der Waals surface area contributed by atoms with Gasteiger partial charge in [-0.25, -0.2) is 0 Å². The van der Waals surface area contributed by atoms with Crippen LogP contribution in [0.25, 0.3) is 0 Å². The van der Waals surface area contributed by atoms with Crippen LogP contribution in [0, 0.1) is 10.7 Å². The SMILES string of the molecule is Brc1ccccc1COc1c(I)cc(I)cc1I. The average Bonchev–Trinajstić information content (AvgIpc) is 2.30. The van der Waals surface area contributed by atoms with Crippen molar-refractivity contribution in [2.24, 2.45) is 0 Å². The van der Waals surface area contributed by atoms with Gasteiger partial charge in [0.2, 0.25) is 0 Å². The number of hydrogen-bond acceptors (Lipinski definition) is 1. The van der Waals surface area contributed by atoms with Crippen LogP contribution in [0.15, 0.2) is 40.9 Å². The molecule has 18 heavy (non-hydrogen) atoms. The number of benzene rings is 2. The summed E-state index contributed by atoms with van der Waals surface area (Å²) in [5, 5.41) is 0. The minimum atomic E-state index is 0.577. The zero-order valence-corrected chi connectivity index (χ0v) is 17.1. The lowest BCUT2D eigenvalue weighted by molar-refractivity contribution is 0.301. The monoisotopic (exact) mass is 640 g/mol. The minimum absolute atomic E-state index is 0.577. The van der Waals surface area contributed by atoms with Crippen molar-refractivity contribution in [3.63, 3.8) is 0 Å². The second kappa shape index (κ2) is 7.07. The molecule has 0 aliphatic heterocycles. The maximum atomic E-state index is 5.94. The Kier molecular flexibility index (Phi) is 6.01. The number of hydrogen-bond donors (Lipinski definition) is 0. The molecule has 0 atom stereocenters. The summed E-state index contributed by atoms with van der Waals surface area (Å²) in [4.78, 5) is 0. The van der Waals surface area contributed by atoms with E-state index in [1.165, 1.54) is 3.57 Å². The third kappa shape index (κ3) is 3.95. The van der Waals surface area contributed by atoms with E-state index in [-0.39, 0.29) is 0 Å². The van der Waals surface area contributed by atoms with Crippen molar-refractivity contribution >= 4 is 83.7 Å². The Hall–Kier alpha value is 0.910. The molecule has 2 rings (SSSR count). The van der Waals surface area contributed by atoms with Gasteiger partial charge in [-0.05, 0) is 86.0 Å². The van der Waals surface area contributed by atoms with Crippen molar-refractivity contribution < 1.29 is 4.74 Å². The van der Waals surface area contributed by atoms with Gasteiger partial charge in [0.05, 0.1) is 7.14 Å². The predicted molar refractivity (Wildman–Crippen MR) is 103 cm³/mol. The number of rotatable bonds is 3. The van der Waals surface area contributed by atoms with Gasteiger partial charge in [-0.1, -0.05) is 34.1 Å². The van der Waals surface area contributed by atoms with Crippen molar-refractivity contribution in [1.29, 1.82) is 0 Å². The molecule has 0 unspecified atom stereocenters. The molecule has 2 aromatic rings. The zero-order valence-electron chi connectivity index (χ0n) is 9.09. The van der Waals surface area contributed by atoms with E-state index < -0.39 is 0 Å². The van der Waals surface area contributed by atoms with E-state index in [2.05, 4.69) is 102 Å². The molecule has 0 spiro atoms. The van der Waals surface area contributed by atoms with Gasteiger partial charge >= 0.3 is 0 Å². The third-order valence-electron chi connectivity index (χ3n) is 2.29. The highest BCUT2D eigenvalue weighted by atomic mass is 127. The summed E-state index contributed by atoms with van der Waals surface area (Å²) in [5.74, 6) is 0.965. The van der Waals surface area contributed by atoms with Gasteiger partial charge in [-0.3, -0.25) is 0 Å². The smallest absolute Gasteiger partial charge is 0.146 e. The molecule has 2 aromatic carbocycles. The molecule has 1 nitrogen and oxygen atoms in total. The van der Waals surface area contributed by atoms with Gasteiger partial charge in [-0.2, -0.15) is 0 Å². The first-order valence-corrected chi connectivity index (χ1v) is 9.11. The van der Waals surface area contributed by atoms with Crippen LogP contribution in [0.5, 0.6) is 5.75 Å². The first-order valence-electron chi connectivity index (χ1n) is 5.08. The molecule has 0 radical (unpaired) electrons. The summed E-state index contributed by atoms with van der Waals surface area (Å²) in [7, 11) is 0. The van der Waals surface area contributed by atoms with E-state index in [9.17, 15) is 0 Å². The molecule has 0 saturated carbocycles. The molecular formula is C13H8BrI3O. The van der Waals surface area contributed by atoms with E-state index in [1.807, 2.05) is 18.2 Å². The lowest BCUT2D eigenvalue weighted by Crippen LogP contribution is -2.00. The zero-order chi connectivity index (χ0) is 13.1. The standard InChI is InChI=1S/C13H8BrI3O/c14-10-4-2-1-3-8(10)7-18-13-11(16)5-9(15)6-12(13)17/h1-6H,7H2. The van der Waals surface area contributed by atoms with Crippen LogP contribution in [0.4, 0.5) is 0 Å². The first-order chi connectivity index (χ1) is 8.58. The number of ether oxygens (including phenoxy) is 1.